The van der Waals surface area contributed by atoms with E-state index in [1.807, 2.05) is 56.4 Å². The molecule has 0 heterocycles. The maximum atomic E-state index is 12.7. The monoisotopic (exact) mass is 482 g/mol. The molecule has 0 aliphatic heterocycles. The summed E-state index contributed by atoms with van der Waals surface area (Å²) in [5.74, 6) is -0.947. The minimum atomic E-state index is -0.938. The van der Waals surface area contributed by atoms with Crippen LogP contribution in [0.3, 0.4) is 0 Å². The standard InChI is InChI=1S/C26H34N4O5/c1-27(2)13-5-14-28(3)23-11-10-22(17-24(23)30(34)35)21-7-4-6-19(16-21)18-29(15-12-25(31)32)26(33)20-8-9-20/h4,6-7,10-11,16-17,20H,5,8-9,12-15,18H2,1-3H3,(H,31,32). The van der Waals surface area contributed by atoms with Crippen LogP contribution in [0.5, 0.6) is 0 Å². The SMILES string of the molecule is CN(C)CCCN(C)c1ccc(-c2cccc(CN(CCC(=O)O)C(=O)C3CC3)c2)cc1[N+](=O)[O-]. The summed E-state index contributed by atoms with van der Waals surface area (Å²) >= 11 is 0. The Morgan fingerprint density at radius 3 is 2.37 bits per heavy atom. The number of rotatable bonds is 13. The molecule has 1 amide bonds. The van der Waals surface area contributed by atoms with Crippen molar-refractivity contribution in [2.45, 2.75) is 32.2 Å². The van der Waals surface area contributed by atoms with Crippen molar-refractivity contribution in [2.24, 2.45) is 5.92 Å². The number of hydrogen-bond acceptors (Lipinski definition) is 6. The van der Waals surface area contributed by atoms with Crippen LogP contribution in [0.2, 0.25) is 0 Å². The third-order valence-corrected chi connectivity index (χ3v) is 6.15. The van der Waals surface area contributed by atoms with Gasteiger partial charge in [0.05, 0.1) is 11.3 Å². The number of nitrogens with zero attached hydrogens (tertiary/aromatic N) is 4. The molecular weight excluding hydrogens is 448 g/mol. The predicted molar refractivity (Wildman–Crippen MR) is 135 cm³/mol. The quantitative estimate of drug-likeness (QED) is 0.341. The maximum Gasteiger partial charge on any atom is 0.305 e. The van der Waals surface area contributed by atoms with Crippen LogP contribution in [-0.2, 0) is 16.1 Å². The molecule has 2 aromatic rings. The summed E-state index contributed by atoms with van der Waals surface area (Å²) in [4.78, 5) is 40.8. The molecule has 1 fully saturated rings. The molecule has 3 rings (SSSR count). The number of amides is 1. The number of carboxylic acid groups (broad SMARTS) is 1. The number of carbonyl (C=O) groups is 2. The Morgan fingerprint density at radius 2 is 1.74 bits per heavy atom. The lowest BCUT2D eigenvalue weighted by atomic mass is 10.0. The number of benzene rings is 2. The average Bonchev–Trinajstić information content (AvgIpc) is 3.66. The highest BCUT2D eigenvalue weighted by Crippen LogP contribution is 2.34. The fourth-order valence-electron chi connectivity index (χ4n) is 4.07. The molecule has 0 atom stereocenters. The zero-order chi connectivity index (χ0) is 25.5. The summed E-state index contributed by atoms with van der Waals surface area (Å²) in [7, 11) is 5.86. The van der Waals surface area contributed by atoms with E-state index in [2.05, 4.69) is 4.90 Å². The van der Waals surface area contributed by atoms with Gasteiger partial charge in [-0.1, -0.05) is 24.3 Å². The Hall–Kier alpha value is -3.46. The Balaban J connectivity index is 1.80. The smallest absolute Gasteiger partial charge is 0.305 e. The average molecular weight is 483 g/mol. The summed E-state index contributed by atoms with van der Waals surface area (Å²) in [6, 6.07) is 12.8. The van der Waals surface area contributed by atoms with E-state index in [4.69, 9.17) is 5.11 Å². The van der Waals surface area contributed by atoms with E-state index in [0.717, 1.165) is 42.5 Å². The summed E-state index contributed by atoms with van der Waals surface area (Å²) in [5.41, 5.74) is 3.00. The Morgan fingerprint density at radius 1 is 1.03 bits per heavy atom. The lowest BCUT2D eigenvalue weighted by Crippen LogP contribution is -2.33. The molecule has 0 saturated heterocycles. The van der Waals surface area contributed by atoms with Crippen LogP contribution in [-0.4, -0.2) is 72.5 Å². The van der Waals surface area contributed by atoms with Crippen LogP contribution >= 0.6 is 0 Å². The van der Waals surface area contributed by atoms with Gasteiger partial charge in [-0.05, 0) is 68.7 Å². The molecule has 0 spiro atoms. The third-order valence-electron chi connectivity index (χ3n) is 6.15. The molecule has 9 heteroatoms. The molecule has 0 aromatic heterocycles. The second-order valence-electron chi connectivity index (χ2n) is 9.42. The minimum absolute atomic E-state index is 0.00288. The van der Waals surface area contributed by atoms with E-state index >= 15 is 0 Å². The first-order valence-corrected chi connectivity index (χ1v) is 11.9. The molecular formula is C26H34N4O5. The number of nitro benzene ring substituents is 1. The van der Waals surface area contributed by atoms with E-state index in [9.17, 15) is 19.7 Å². The van der Waals surface area contributed by atoms with Gasteiger partial charge in [0.1, 0.15) is 5.69 Å². The summed E-state index contributed by atoms with van der Waals surface area (Å²) in [5, 5.41) is 20.9. The molecule has 9 nitrogen and oxygen atoms in total. The van der Waals surface area contributed by atoms with E-state index in [1.165, 1.54) is 0 Å². The van der Waals surface area contributed by atoms with Crippen molar-refractivity contribution in [3.05, 3.63) is 58.1 Å². The van der Waals surface area contributed by atoms with Crippen LogP contribution in [0.4, 0.5) is 11.4 Å². The molecule has 1 N–H and O–H groups in total. The summed E-state index contributed by atoms with van der Waals surface area (Å²) in [6.07, 6.45) is 2.49. The van der Waals surface area contributed by atoms with Crippen LogP contribution in [0.25, 0.3) is 11.1 Å². The van der Waals surface area contributed by atoms with Crippen LogP contribution in [0.15, 0.2) is 42.5 Å². The Labute approximate surface area is 206 Å². The number of carboxylic acids is 1. The van der Waals surface area contributed by atoms with Gasteiger partial charge < -0.3 is 19.8 Å². The van der Waals surface area contributed by atoms with Gasteiger partial charge in [0.2, 0.25) is 5.91 Å². The largest absolute Gasteiger partial charge is 0.481 e. The lowest BCUT2D eigenvalue weighted by molar-refractivity contribution is -0.384. The lowest BCUT2D eigenvalue weighted by Gasteiger charge is -2.23. The molecule has 1 saturated carbocycles. The van der Waals surface area contributed by atoms with Crippen molar-refractivity contribution in [2.75, 3.05) is 45.7 Å². The first-order valence-electron chi connectivity index (χ1n) is 11.9. The van der Waals surface area contributed by atoms with E-state index < -0.39 is 5.97 Å². The fraction of sp³-hybridized carbons (Fsp3) is 0.462. The Bertz CT molecular complexity index is 1070. The van der Waals surface area contributed by atoms with E-state index in [0.29, 0.717) is 18.8 Å². The number of hydrogen-bond donors (Lipinski definition) is 1. The van der Waals surface area contributed by atoms with Crippen molar-refractivity contribution in [3.63, 3.8) is 0 Å². The molecule has 0 radical (unpaired) electrons. The molecule has 2 aromatic carbocycles. The first kappa shape index (κ1) is 26.2. The highest BCUT2D eigenvalue weighted by atomic mass is 16.6. The second-order valence-corrected chi connectivity index (χ2v) is 9.42. The molecule has 0 bridgehead atoms. The number of carbonyl (C=O) groups excluding carboxylic acids is 1. The predicted octanol–water partition coefficient (Wildman–Crippen LogP) is 3.86. The third kappa shape index (κ3) is 7.51. The van der Waals surface area contributed by atoms with Gasteiger partial charge >= 0.3 is 5.97 Å². The normalized spacial score (nSPS) is 13.0. The summed E-state index contributed by atoms with van der Waals surface area (Å²) in [6.45, 7) is 2.07. The molecule has 1 aliphatic carbocycles. The zero-order valence-electron chi connectivity index (χ0n) is 20.6. The van der Waals surface area contributed by atoms with Crippen molar-refractivity contribution in [3.8, 4) is 11.1 Å². The number of nitro groups is 1. The van der Waals surface area contributed by atoms with Crippen LogP contribution in [0.1, 0.15) is 31.2 Å². The Kier molecular flexibility index (Phi) is 8.81. The molecule has 1 aliphatic rings. The van der Waals surface area contributed by atoms with Crippen LogP contribution < -0.4 is 4.90 Å². The van der Waals surface area contributed by atoms with Crippen LogP contribution in [0, 0.1) is 16.0 Å². The first-order chi connectivity index (χ1) is 16.7. The second kappa shape index (κ2) is 11.8. The van der Waals surface area contributed by atoms with Crippen molar-refractivity contribution in [1.82, 2.24) is 9.80 Å². The van der Waals surface area contributed by atoms with Crippen molar-refractivity contribution in [1.29, 1.82) is 0 Å². The van der Waals surface area contributed by atoms with Gasteiger partial charge in [-0.2, -0.15) is 0 Å². The molecule has 0 unspecified atom stereocenters. The number of anilines is 1. The van der Waals surface area contributed by atoms with Gasteiger partial charge in [0, 0.05) is 38.7 Å². The number of aliphatic carboxylic acids is 1. The van der Waals surface area contributed by atoms with Gasteiger partial charge in [-0.25, -0.2) is 0 Å². The topological polar surface area (TPSA) is 107 Å². The van der Waals surface area contributed by atoms with E-state index in [-0.39, 0.29) is 35.4 Å². The van der Waals surface area contributed by atoms with E-state index in [1.54, 1.807) is 17.0 Å². The maximum absolute atomic E-state index is 12.7. The zero-order valence-corrected chi connectivity index (χ0v) is 20.6. The fourth-order valence-corrected chi connectivity index (χ4v) is 4.07. The van der Waals surface area contributed by atoms with Crippen molar-refractivity contribution < 1.29 is 19.6 Å². The minimum Gasteiger partial charge on any atom is -0.481 e. The molecule has 188 valence electrons. The van der Waals surface area contributed by atoms with Gasteiger partial charge in [-0.3, -0.25) is 19.7 Å². The molecule has 35 heavy (non-hydrogen) atoms. The van der Waals surface area contributed by atoms with Gasteiger partial charge in [-0.15, -0.1) is 0 Å². The summed E-state index contributed by atoms with van der Waals surface area (Å²) < 4.78 is 0. The van der Waals surface area contributed by atoms with Crippen molar-refractivity contribution >= 4 is 23.3 Å². The van der Waals surface area contributed by atoms with Gasteiger partial charge in [0.15, 0.2) is 0 Å². The highest BCUT2D eigenvalue weighted by Gasteiger charge is 2.33. The van der Waals surface area contributed by atoms with Gasteiger partial charge in [0.25, 0.3) is 5.69 Å². The highest BCUT2D eigenvalue weighted by molar-refractivity contribution is 5.81.